The lowest BCUT2D eigenvalue weighted by atomic mass is 10.1. The average molecular weight is 163 g/mol. The highest BCUT2D eigenvalue weighted by atomic mass is 16.1. The Morgan fingerprint density at radius 3 is 3.00 bits per heavy atom. The Balaban J connectivity index is 2.97. The molecule has 0 amide bonds. The van der Waals surface area contributed by atoms with E-state index in [9.17, 15) is 4.79 Å². The molecule has 0 bridgehead atoms. The molecule has 0 atom stereocenters. The molecule has 0 aromatic carbocycles. The average Bonchev–Trinajstić information content (AvgIpc) is 2.34. The molecule has 4 nitrogen and oxygen atoms in total. The van der Waals surface area contributed by atoms with Gasteiger partial charge in [0, 0.05) is 7.05 Å². The molecule has 0 saturated heterocycles. The van der Waals surface area contributed by atoms with Crippen LogP contribution < -0.4 is 5.73 Å². The first-order valence-corrected chi connectivity index (χ1v) is 3.41. The molecule has 1 rings (SSSR count). The first-order valence-electron chi connectivity index (χ1n) is 3.41. The van der Waals surface area contributed by atoms with Gasteiger partial charge in [0.25, 0.3) is 0 Å². The first kappa shape index (κ1) is 8.34. The Bertz CT molecular complexity index is 346. The normalized spacial score (nSPS) is 9.33. The molecule has 12 heavy (non-hydrogen) atoms. The van der Waals surface area contributed by atoms with Gasteiger partial charge in [-0.1, -0.05) is 5.92 Å². The number of nitrogen functional groups attached to an aromatic ring is 1. The standard InChI is InChI=1S/C8H9N3O/c1-3-4-7(12)6-5-10-11(2)8(6)9/h1,5H,4,9H2,2H3. The number of anilines is 1. The molecule has 0 unspecified atom stereocenters. The molecule has 4 heteroatoms. The quantitative estimate of drug-likeness (QED) is 0.500. The number of aromatic nitrogens is 2. The minimum atomic E-state index is -0.164. The summed E-state index contributed by atoms with van der Waals surface area (Å²) in [6.45, 7) is 0. The van der Waals surface area contributed by atoms with Crippen LogP contribution in [-0.4, -0.2) is 15.6 Å². The van der Waals surface area contributed by atoms with E-state index in [0.29, 0.717) is 11.4 Å². The second-order valence-electron chi connectivity index (χ2n) is 2.37. The summed E-state index contributed by atoms with van der Waals surface area (Å²) in [5.74, 6) is 2.45. The maximum absolute atomic E-state index is 11.2. The summed E-state index contributed by atoms with van der Waals surface area (Å²) >= 11 is 0. The molecule has 0 fully saturated rings. The van der Waals surface area contributed by atoms with Crippen LogP contribution in [0.3, 0.4) is 0 Å². The van der Waals surface area contributed by atoms with Crippen molar-refractivity contribution in [1.82, 2.24) is 9.78 Å². The number of carbonyl (C=O) groups excluding carboxylic acids is 1. The number of ketones is 1. The number of rotatable bonds is 2. The maximum Gasteiger partial charge on any atom is 0.180 e. The first-order chi connectivity index (χ1) is 5.66. The summed E-state index contributed by atoms with van der Waals surface area (Å²) < 4.78 is 1.43. The minimum Gasteiger partial charge on any atom is -0.383 e. The van der Waals surface area contributed by atoms with Gasteiger partial charge in [-0.15, -0.1) is 6.42 Å². The molecule has 1 aromatic rings. The van der Waals surface area contributed by atoms with E-state index in [0.717, 1.165) is 0 Å². The van der Waals surface area contributed by atoms with Crippen molar-refractivity contribution in [2.24, 2.45) is 7.05 Å². The number of Topliss-reactive ketones (excluding diaryl/α,β-unsaturated/α-hetero) is 1. The third kappa shape index (κ3) is 1.30. The fourth-order valence-corrected chi connectivity index (χ4v) is 0.850. The summed E-state index contributed by atoms with van der Waals surface area (Å²) in [4.78, 5) is 11.2. The Labute approximate surface area is 70.4 Å². The smallest absolute Gasteiger partial charge is 0.180 e. The van der Waals surface area contributed by atoms with Crippen LogP contribution >= 0.6 is 0 Å². The zero-order valence-electron chi connectivity index (χ0n) is 6.74. The minimum absolute atomic E-state index is 0.0654. The third-order valence-corrected chi connectivity index (χ3v) is 1.55. The van der Waals surface area contributed by atoms with Gasteiger partial charge in [0.15, 0.2) is 5.78 Å². The van der Waals surface area contributed by atoms with E-state index in [-0.39, 0.29) is 12.2 Å². The van der Waals surface area contributed by atoms with Gasteiger partial charge >= 0.3 is 0 Å². The van der Waals surface area contributed by atoms with Crippen molar-refractivity contribution in [3.05, 3.63) is 11.8 Å². The van der Waals surface area contributed by atoms with Crippen LogP contribution in [0.1, 0.15) is 16.8 Å². The lowest BCUT2D eigenvalue weighted by Gasteiger charge is -1.95. The van der Waals surface area contributed by atoms with Crippen LogP contribution in [0.5, 0.6) is 0 Å². The summed E-state index contributed by atoms with van der Waals surface area (Å²) in [6.07, 6.45) is 6.48. The molecule has 0 aliphatic carbocycles. The van der Waals surface area contributed by atoms with Crippen molar-refractivity contribution >= 4 is 11.6 Å². The highest BCUT2D eigenvalue weighted by molar-refractivity contribution is 6.01. The third-order valence-electron chi connectivity index (χ3n) is 1.55. The van der Waals surface area contributed by atoms with E-state index in [1.807, 2.05) is 0 Å². The molecule has 0 aliphatic rings. The molecule has 0 aliphatic heterocycles. The van der Waals surface area contributed by atoms with Gasteiger partial charge in [0.2, 0.25) is 0 Å². The predicted octanol–water partition coefficient (Wildman–Crippen LogP) is 0.208. The molecule has 0 radical (unpaired) electrons. The summed E-state index contributed by atoms with van der Waals surface area (Å²) in [5.41, 5.74) is 5.94. The van der Waals surface area contributed by atoms with E-state index < -0.39 is 0 Å². The van der Waals surface area contributed by atoms with Crippen LogP contribution in [0.25, 0.3) is 0 Å². The number of hydrogen-bond acceptors (Lipinski definition) is 3. The van der Waals surface area contributed by atoms with E-state index in [2.05, 4.69) is 11.0 Å². The molecule has 1 aromatic heterocycles. The number of aryl methyl sites for hydroxylation is 1. The zero-order chi connectivity index (χ0) is 9.14. The lowest BCUT2D eigenvalue weighted by molar-refractivity contribution is 0.0999. The molecular formula is C8H9N3O. The van der Waals surface area contributed by atoms with Crippen LogP contribution in [0, 0.1) is 12.3 Å². The van der Waals surface area contributed by atoms with Gasteiger partial charge < -0.3 is 5.73 Å². The molecule has 1 heterocycles. The van der Waals surface area contributed by atoms with Crippen molar-refractivity contribution in [2.75, 3.05) is 5.73 Å². The van der Waals surface area contributed by atoms with Crippen molar-refractivity contribution in [3.63, 3.8) is 0 Å². The van der Waals surface area contributed by atoms with Gasteiger partial charge in [-0.3, -0.25) is 9.48 Å². The fraction of sp³-hybridized carbons (Fsp3) is 0.250. The van der Waals surface area contributed by atoms with Crippen molar-refractivity contribution in [1.29, 1.82) is 0 Å². The van der Waals surface area contributed by atoms with Gasteiger partial charge in [-0.2, -0.15) is 5.10 Å². The van der Waals surface area contributed by atoms with Gasteiger partial charge in [0.1, 0.15) is 5.82 Å². The molecule has 0 saturated carbocycles. The van der Waals surface area contributed by atoms with Crippen molar-refractivity contribution < 1.29 is 4.79 Å². The Hall–Kier alpha value is -1.76. The monoisotopic (exact) mass is 163 g/mol. The highest BCUT2D eigenvalue weighted by Crippen LogP contribution is 2.10. The maximum atomic E-state index is 11.2. The summed E-state index contributed by atoms with van der Waals surface area (Å²) in [7, 11) is 1.67. The number of nitrogens with two attached hydrogens (primary N) is 1. The Kier molecular flexibility index (Phi) is 2.15. The topological polar surface area (TPSA) is 60.9 Å². The van der Waals surface area contributed by atoms with Gasteiger partial charge in [0.05, 0.1) is 18.2 Å². The summed E-state index contributed by atoms with van der Waals surface area (Å²) in [6, 6.07) is 0. The number of hydrogen-bond donors (Lipinski definition) is 1. The fourth-order valence-electron chi connectivity index (χ4n) is 0.850. The second kappa shape index (κ2) is 3.09. The van der Waals surface area contributed by atoms with Gasteiger partial charge in [-0.05, 0) is 0 Å². The van der Waals surface area contributed by atoms with E-state index >= 15 is 0 Å². The predicted molar refractivity (Wildman–Crippen MR) is 45.4 cm³/mol. The Morgan fingerprint density at radius 2 is 2.58 bits per heavy atom. The zero-order valence-corrected chi connectivity index (χ0v) is 6.74. The lowest BCUT2D eigenvalue weighted by Crippen LogP contribution is -2.03. The summed E-state index contributed by atoms with van der Waals surface area (Å²) in [5, 5.41) is 3.82. The van der Waals surface area contributed by atoms with Crippen LogP contribution in [0.15, 0.2) is 6.20 Å². The SMILES string of the molecule is C#CCC(=O)c1cnn(C)c1N. The Morgan fingerprint density at radius 1 is 1.92 bits per heavy atom. The molecule has 62 valence electrons. The van der Waals surface area contributed by atoms with Crippen molar-refractivity contribution in [2.45, 2.75) is 6.42 Å². The van der Waals surface area contributed by atoms with E-state index in [1.54, 1.807) is 7.05 Å². The second-order valence-corrected chi connectivity index (χ2v) is 2.37. The van der Waals surface area contributed by atoms with Crippen LogP contribution in [0.2, 0.25) is 0 Å². The van der Waals surface area contributed by atoms with Gasteiger partial charge in [-0.25, -0.2) is 0 Å². The van der Waals surface area contributed by atoms with Crippen molar-refractivity contribution in [3.8, 4) is 12.3 Å². The molecule has 0 spiro atoms. The highest BCUT2D eigenvalue weighted by Gasteiger charge is 2.11. The van der Waals surface area contributed by atoms with E-state index in [1.165, 1.54) is 10.9 Å². The number of carbonyl (C=O) groups is 1. The number of terminal acetylenes is 1. The van der Waals surface area contributed by atoms with Crippen LogP contribution in [0.4, 0.5) is 5.82 Å². The number of nitrogens with zero attached hydrogens (tertiary/aromatic N) is 2. The van der Waals surface area contributed by atoms with Crippen LogP contribution in [-0.2, 0) is 7.05 Å². The van der Waals surface area contributed by atoms with E-state index in [4.69, 9.17) is 12.2 Å². The largest absolute Gasteiger partial charge is 0.383 e. The molecular weight excluding hydrogens is 154 g/mol. The molecule has 2 N–H and O–H groups in total.